The zero-order valence-corrected chi connectivity index (χ0v) is 11.7. The van der Waals surface area contributed by atoms with Crippen molar-refractivity contribution in [1.29, 1.82) is 0 Å². The highest BCUT2D eigenvalue weighted by Gasteiger charge is 2.31. The average molecular weight is 296 g/mol. The number of rotatable bonds is 2. The lowest BCUT2D eigenvalue weighted by Gasteiger charge is -2.19. The van der Waals surface area contributed by atoms with Crippen molar-refractivity contribution in [3.05, 3.63) is 41.3 Å². The van der Waals surface area contributed by atoms with Crippen molar-refractivity contribution in [2.45, 2.75) is 39.2 Å². The molecule has 0 amide bonds. The molecule has 1 aliphatic rings. The molecular weight excluding hydrogens is 281 g/mol. The second kappa shape index (κ2) is 4.84. The van der Waals surface area contributed by atoms with Gasteiger partial charge in [-0.1, -0.05) is 0 Å². The summed E-state index contributed by atoms with van der Waals surface area (Å²) in [4.78, 5) is 6.17. The molecule has 7 heteroatoms. The second-order valence-electron chi connectivity index (χ2n) is 5.43. The summed E-state index contributed by atoms with van der Waals surface area (Å²) in [5.74, 6) is 0.412. The molecule has 2 aromatic heterocycles. The van der Waals surface area contributed by atoms with Crippen LogP contribution in [0.2, 0.25) is 0 Å². The van der Waals surface area contributed by atoms with Gasteiger partial charge in [0.2, 0.25) is 0 Å². The molecule has 0 N–H and O–H groups in total. The first-order valence-corrected chi connectivity index (χ1v) is 6.69. The van der Waals surface area contributed by atoms with Crippen molar-refractivity contribution in [1.82, 2.24) is 19.7 Å². The monoisotopic (exact) mass is 296 g/mol. The van der Waals surface area contributed by atoms with Crippen LogP contribution in [0.5, 0.6) is 0 Å². The Balaban J connectivity index is 1.90. The maximum absolute atomic E-state index is 12.6. The van der Waals surface area contributed by atoms with Crippen LogP contribution < -0.4 is 0 Å². The number of hydrogen-bond acceptors (Lipinski definition) is 3. The molecule has 0 atom stereocenters. The quantitative estimate of drug-likeness (QED) is 0.854. The van der Waals surface area contributed by atoms with Gasteiger partial charge in [-0.25, -0.2) is 9.67 Å². The fourth-order valence-corrected chi connectivity index (χ4v) is 2.42. The van der Waals surface area contributed by atoms with Gasteiger partial charge in [-0.3, -0.25) is 4.90 Å². The predicted octanol–water partition coefficient (Wildman–Crippen LogP) is 3.01. The minimum atomic E-state index is -4.37. The van der Waals surface area contributed by atoms with Crippen molar-refractivity contribution in [2.24, 2.45) is 0 Å². The molecule has 4 nitrogen and oxygen atoms in total. The molecule has 3 heterocycles. The Morgan fingerprint density at radius 3 is 2.48 bits per heavy atom. The lowest BCUT2D eigenvalue weighted by molar-refractivity contribution is -0.137. The average Bonchev–Trinajstić information content (AvgIpc) is 2.97. The Morgan fingerprint density at radius 2 is 1.90 bits per heavy atom. The molecule has 21 heavy (non-hydrogen) atoms. The molecule has 0 bridgehead atoms. The van der Waals surface area contributed by atoms with Gasteiger partial charge in [-0.15, -0.1) is 0 Å². The molecule has 0 radical (unpaired) electrons. The zero-order chi connectivity index (χ0) is 15.2. The van der Waals surface area contributed by atoms with E-state index in [1.165, 1.54) is 6.07 Å². The number of halogens is 3. The predicted molar refractivity (Wildman–Crippen MR) is 70.7 cm³/mol. The van der Waals surface area contributed by atoms with E-state index in [0.717, 1.165) is 36.6 Å². The summed E-state index contributed by atoms with van der Waals surface area (Å²) in [6.07, 6.45) is -1.76. The Morgan fingerprint density at radius 1 is 1.14 bits per heavy atom. The van der Waals surface area contributed by atoms with Gasteiger partial charge in [0.1, 0.15) is 0 Å². The first kappa shape index (κ1) is 14.1. The molecule has 0 aromatic carbocycles. The summed E-state index contributed by atoms with van der Waals surface area (Å²) in [6.45, 7) is 5.77. The number of aromatic nitrogens is 3. The third kappa shape index (κ3) is 2.53. The van der Waals surface area contributed by atoms with Crippen molar-refractivity contribution in [2.75, 3.05) is 0 Å². The second-order valence-corrected chi connectivity index (χ2v) is 5.43. The summed E-state index contributed by atoms with van der Waals surface area (Å²) in [5.41, 5.74) is 1.35. The van der Waals surface area contributed by atoms with E-state index in [1.807, 2.05) is 0 Å². The smallest absolute Gasteiger partial charge is 0.291 e. The number of hydrogen-bond donors (Lipinski definition) is 0. The molecule has 0 spiro atoms. The van der Waals surface area contributed by atoms with Crippen LogP contribution in [-0.4, -0.2) is 25.7 Å². The minimum Gasteiger partial charge on any atom is -0.291 e. The molecule has 112 valence electrons. The van der Waals surface area contributed by atoms with Crippen LogP contribution in [0.4, 0.5) is 13.2 Å². The lowest BCUT2D eigenvalue weighted by Crippen LogP contribution is -2.25. The maximum Gasteiger partial charge on any atom is 0.417 e. The summed E-state index contributed by atoms with van der Waals surface area (Å²) in [7, 11) is 0. The van der Waals surface area contributed by atoms with Crippen LogP contribution in [-0.2, 0) is 19.3 Å². The van der Waals surface area contributed by atoms with Crippen LogP contribution in [0.3, 0.4) is 0 Å². The largest absolute Gasteiger partial charge is 0.417 e. The molecule has 0 saturated carbocycles. The number of alkyl halides is 3. The molecule has 2 aromatic rings. The van der Waals surface area contributed by atoms with Crippen molar-refractivity contribution in [3.8, 4) is 5.82 Å². The topological polar surface area (TPSA) is 34.0 Å². The molecular formula is C14H15F3N4. The van der Waals surface area contributed by atoms with Crippen molar-refractivity contribution >= 4 is 0 Å². The van der Waals surface area contributed by atoms with Gasteiger partial charge in [0.15, 0.2) is 5.82 Å². The van der Waals surface area contributed by atoms with Crippen LogP contribution in [0.25, 0.3) is 5.82 Å². The summed E-state index contributed by atoms with van der Waals surface area (Å²) in [5, 5.41) is 4.24. The van der Waals surface area contributed by atoms with E-state index in [-0.39, 0.29) is 0 Å². The highest BCUT2D eigenvalue weighted by Crippen LogP contribution is 2.30. The summed E-state index contributed by atoms with van der Waals surface area (Å²) >= 11 is 0. The number of pyridine rings is 1. The van der Waals surface area contributed by atoms with E-state index in [4.69, 9.17) is 0 Å². The SMILES string of the molecule is CC(C)N1Cc2cnn(-c3ccc(C(F)(F)F)cn3)c2C1. The standard InChI is InChI=1S/C14H15F3N4/c1-9(2)20-7-10-5-19-21(12(10)8-20)13-4-3-11(6-18-13)14(15,16)17/h3-6,9H,7-8H2,1-2H3. The minimum absolute atomic E-state index is 0.409. The van der Waals surface area contributed by atoms with E-state index in [0.29, 0.717) is 11.9 Å². The molecule has 0 unspecified atom stereocenters. The van der Waals surface area contributed by atoms with Gasteiger partial charge in [0.25, 0.3) is 0 Å². The molecule has 0 saturated heterocycles. The van der Waals surface area contributed by atoms with E-state index >= 15 is 0 Å². The molecule has 0 fully saturated rings. The molecule has 1 aliphatic heterocycles. The van der Waals surface area contributed by atoms with E-state index < -0.39 is 11.7 Å². The highest BCUT2D eigenvalue weighted by atomic mass is 19.4. The Hall–Kier alpha value is -1.89. The first-order valence-electron chi connectivity index (χ1n) is 6.69. The molecule has 3 rings (SSSR count). The summed E-state index contributed by atoms with van der Waals surface area (Å²) < 4.78 is 39.3. The van der Waals surface area contributed by atoms with Gasteiger partial charge in [-0.05, 0) is 26.0 Å². The Kier molecular flexibility index (Phi) is 3.24. The summed E-state index contributed by atoms with van der Waals surface area (Å²) in [6, 6.07) is 2.80. The maximum atomic E-state index is 12.6. The number of nitrogens with zero attached hydrogens (tertiary/aromatic N) is 4. The van der Waals surface area contributed by atoms with E-state index in [2.05, 4.69) is 28.8 Å². The molecule has 0 aliphatic carbocycles. The fourth-order valence-electron chi connectivity index (χ4n) is 2.42. The van der Waals surface area contributed by atoms with Crippen molar-refractivity contribution < 1.29 is 13.2 Å². The van der Waals surface area contributed by atoms with Gasteiger partial charge in [-0.2, -0.15) is 18.3 Å². The van der Waals surface area contributed by atoms with Gasteiger partial charge in [0.05, 0.1) is 17.5 Å². The third-order valence-corrected chi connectivity index (χ3v) is 3.70. The normalized spacial score (nSPS) is 15.7. The van der Waals surface area contributed by atoms with Crippen LogP contribution >= 0.6 is 0 Å². The van der Waals surface area contributed by atoms with Crippen LogP contribution in [0, 0.1) is 0 Å². The highest BCUT2D eigenvalue weighted by molar-refractivity contribution is 5.33. The van der Waals surface area contributed by atoms with Crippen LogP contribution in [0.1, 0.15) is 30.7 Å². The Bertz CT molecular complexity index is 643. The van der Waals surface area contributed by atoms with E-state index in [9.17, 15) is 13.2 Å². The Labute approximate surface area is 120 Å². The van der Waals surface area contributed by atoms with Crippen LogP contribution in [0.15, 0.2) is 24.5 Å². The van der Waals surface area contributed by atoms with Gasteiger partial charge in [0, 0.05) is 30.9 Å². The van der Waals surface area contributed by atoms with Crippen molar-refractivity contribution in [3.63, 3.8) is 0 Å². The lowest BCUT2D eigenvalue weighted by atomic mass is 10.2. The van der Waals surface area contributed by atoms with Gasteiger partial charge >= 0.3 is 6.18 Å². The third-order valence-electron chi connectivity index (χ3n) is 3.70. The zero-order valence-electron chi connectivity index (χ0n) is 11.7. The van der Waals surface area contributed by atoms with Gasteiger partial charge < -0.3 is 0 Å². The van der Waals surface area contributed by atoms with E-state index in [1.54, 1.807) is 10.9 Å². The first-order chi connectivity index (χ1) is 9.86. The fraction of sp³-hybridized carbons (Fsp3) is 0.429. The number of fused-ring (bicyclic) bond motifs is 1.